The molecule has 0 radical (unpaired) electrons. The van der Waals surface area contributed by atoms with Crippen molar-refractivity contribution in [2.75, 3.05) is 7.11 Å². The normalized spacial score (nSPS) is 41.4. The molecule has 5 atom stereocenters. The van der Waals surface area contributed by atoms with E-state index in [1.807, 2.05) is 0 Å². The van der Waals surface area contributed by atoms with Gasteiger partial charge in [-0.05, 0) is 79.5 Å². The molecule has 0 bridgehead atoms. The van der Waals surface area contributed by atoms with Crippen LogP contribution < -0.4 is 4.74 Å². The third-order valence-corrected chi connectivity index (χ3v) is 7.32. The van der Waals surface area contributed by atoms with Gasteiger partial charge in [0.1, 0.15) is 11.4 Å². The predicted molar refractivity (Wildman–Crippen MR) is 91.4 cm³/mol. The topological polar surface area (TPSA) is 29.5 Å². The second-order valence-corrected chi connectivity index (χ2v) is 7.98. The molecule has 23 heavy (non-hydrogen) atoms. The number of ether oxygens (including phenoxy) is 1. The molecule has 1 N–H and O–H groups in total. The lowest BCUT2D eigenvalue weighted by molar-refractivity contribution is -0.0646. The molecule has 1 aromatic rings. The van der Waals surface area contributed by atoms with Crippen molar-refractivity contribution in [2.24, 2.45) is 17.3 Å². The Morgan fingerprint density at radius 3 is 2.83 bits per heavy atom. The highest BCUT2D eigenvalue weighted by Gasteiger charge is 2.61. The van der Waals surface area contributed by atoms with Gasteiger partial charge in [-0.25, -0.2) is 0 Å². The van der Waals surface area contributed by atoms with Crippen LogP contribution in [0, 0.1) is 29.6 Å². The number of terminal acetylenes is 1. The Balaban J connectivity index is 1.70. The first-order valence-electron chi connectivity index (χ1n) is 8.89. The fraction of sp³-hybridized carbons (Fsp3) is 0.619. The van der Waals surface area contributed by atoms with E-state index >= 15 is 0 Å². The van der Waals surface area contributed by atoms with Gasteiger partial charge in [-0.1, -0.05) is 18.9 Å². The van der Waals surface area contributed by atoms with Crippen molar-refractivity contribution >= 4 is 0 Å². The number of hydrogen-bond acceptors (Lipinski definition) is 2. The van der Waals surface area contributed by atoms with E-state index in [4.69, 9.17) is 11.2 Å². The smallest absolute Gasteiger partial charge is 0.130 e. The first kappa shape index (κ1) is 15.1. The number of methoxy groups -OCH3 is 1. The van der Waals surface area contributed by atoms with E-state index in [9.17, 15) is 5.11 Å². The van der Waals surface area contributed by atoms with Crippen molar-refractivity contribution < 1.29 is 9.84 Å². The van der Waals surface area contributed by atoms with Crippen molar-refractivity contribution in [2.45, 2.75) is 57.0 Å². The van der Waals surface area contributed by atoms with E-state index in [0.717, 1.165) is 37.9 Å². The number of aryl methyl sites for hydroxylation is 1. The minimum atomic E-state index is -0.900. The molecular weight excluding hydrogens is 284 g/mol. The minimum absolute atomic E-state index is 0.104. The molecule has 2 heteroatoms. The van der Waals surface area contributed by atoms with E-state index in [-0.39, 0.29) is 5.41 Å². The lowest BCUT2D eigenvalue weighted by Gasteiger charge is -2.52. The highest BCUT2D eigenvalue weighted by molar-refractivity contribution is 5.41. The van der Waals surface area contributed by atoms with Gasteiger partial charge in [0.2, 0.25) is 0 Å². The van der Waals surface area contributed by atoms with E-state index in [2.05, 4.69) is 31.0 Å². The summed E-state index contributed by atoms with van der Waals surface area (Å²) in [4.78, 5) is 0. The molecule has 0 aromatic heterocycles. The Bertz CT molecular complexity index is 673. The maximum atomic E-state index is 11.0. The molecule has 2 fully saturated rings. The van der Waals surface area contributed by atoms with Gasteiger partial charge in [0.15, 0.2) is 0 Å². The van der Waals surface area contributed by atoms with E-state index in [0.29, 0.717) is 17.8 Å². The van der Waals surface area contributed by atoms with Crippen LogP contribution in [0.3, 0.4) is 0 Å². The first-order chi connectivity index (χ1) is 11.0. The van der Waals surface area contributed by atoms with E-state index in [1.54, 1.807) is 7.11 Å². The summed E-state index contributed by atoms with van der Waals surface area (Å²) >= 11 is 0. The van der Waals surface area contributed by atoms with Crippen LogP contribution in [0.2, 0.25) is 0 Å². The molecule has 0 amide bonds. The molecule has 3 aliphatic rings. The summed E-state index contributed by atoms with van der Waals surface area (Å²) < 4.78 is 5.39. The Kier molecular flexibility index (Phi) is 3.29. The Morgan fingerprint density at radius 2 is 2.09 bits per heavy atom. The monoisotopic (exact) mass is 310 g/mol. The number of fused-ring (bicyclic) bond motifs is 5. The molecule has 0 heterocycles. The third-order valence-electron chi connectivity index (χ3n) is 7.32. The minimum Gasteiger partial charge on any atom is -0.497 e. The van der Waals surface area contributed by atoms with E-state index < -0.39 is 5.60 Å². The molecule has 0 saturated heterocycles. The summed E-state index contributed by atoms with van der Waals surface area (Å²) in [6, 6.07) is 6.59. The lowest BCUT2D eigenvalue weighted by Crippen LogP contribution is -2.50. The van der Waals surface area contributed by atoms with Gasteiger partial charge in [0, 0.05) is 5.41 Å². The van der Waals surface area contributed by atoms with Crippen molar-refractivity contribution in [3.63, 3.8) is 0 Å². The van der Waals surface area contributed by atoms with Crippen LogP contribution in [0.5, 0.6) is 5.75 Å². The molecule has 2 saturated carbocycles. The first-order valence-corrected chi connectivity index (χ1v) is 8.89. The van der Waals surface area contributed by atoms with Crippen molar-refractivity contribution in [1.82, 2.24) is 0 Å². The second-order valence-electron chi connectivity index (χ2n) is 7.98. The Morgan fingerprint density at radius 1 is 1.26 bits per heavy atom. The zero-order chi connectivity index (χ0) is 16.2. The number of aliphatic hydroxyl groups is 1. The largest absolute Gasteiger partial charge is 0.497 e. The highest BCUT2D eigenvalue weighted by atomic mass is 16.5. The summed E-state index contributed by atoms with van der Waals surface area (Å²) in [5, 5.41) is 11.0. The van der Waals surface area contributed by atoms with Crippen LogP contribution in [0.4, 0.5) is 0 Å². The summed E-state index contributed by atoms with van der Waals surface area (Å²) in [5.41, 5.74) is 1.97. The van der Waals surface area contributed by atoms with Gasteiger partial charge < -0.3 is 9.84 Å². The second kappa shape index (κ2) is 5.02. The molecule has 3 aliphatic carbocycles. The lowest BCUT2D eigenvalue weighted by atomic mass is 9.53. The average molecular weight is 310 g/mol. The maximum Gasteiger partial charge on any atom is 0.130 e. The van der Waals surface area contributed by atoms with Crippen molar-refractivity contribution in [1.29, 1.82) is 0 Å². The van der Waals surface area contributed by atoms with Gasteiger partial charge >= 0.3 is 0 Å². The molecule has 0 spiro atoms. The maximum absolute atomic E-state index is 11.0. The van der Waals surface area contributed by atoms with Crippen LogP contribution in [0.1, 0.15) is 56.1 Å². The third kappa shape index (κ3) is 1.93. The molecule has 2 nitrogen and oxygen atoms in total. The Labute approximate surface area is 139 Å². The van der Waals surface area contributed by atoms with Crippen LogP contribution in [-0.4, -0.2) is 17.8 Å². The quantitative estimate of drug-likeness (QED) is 0.797. The number of rotatable bonds is 1. The number of benzene rings is 1. The molecule has 0 aliphatic heterocycles. The molecule has 0 unspecified atom stereocenters. The molecule has 4 rings (SSSR count). The summed E-state index contributed by atoms with van der Waals surface area (Å²) in [7, 11) is 1.73. The van der Waals surface area contributed by atoms with Crippen LogP contribution in [0.25, 0.3) is 0 Å². The fourth-order valence-electron chi connectivity index (χ4n) is 5.94. The van der Waals surface area contributed by atoms with Gasteiger partial charge in [-0.2, -0.15) is 0 Å². The standard InChI is InChI=1S/C21H26O2/c1-4-21(22)12-10-19-18-7-5-14-13-15(23-3)6-8-16(14)17(18)9-11-20(19,21)2/h1,6,8,13,17-19,22H,5,7,9-12H2,2-3H3/t17-,18-,19-,20-,21-/m0/s1. The molecule has 1 aromatic carbocycles. The van der Waals surface area contributed by atoms with Crippen LogP contribution in [0.15, 0.2) is 18.2 Å². The average Bonchev–Trinajstić information content (AvgIpc) is 2.86. The van der Waals surface area contributed by atoms with Crippen LogP contribution in [-0.2, 0) is 6.42 Å². The Hall–Kier alpha value is -1.46. The van der Waals surface area contributed by atoms with Gasteiger partial charge in [-0.3, -0.25) is 0 Å². The molecule has 122 valence electrons. The SMILES string of the molecule is C#C[C@]1(O)CC[C@H]2[C@H]3CCc4cc(OC)ccc4[C@@H]3CC[C@@]21C. The zero-order valence-corrected chi connectivity index (χ0v) is 14.1. The zero-order valence-electron chi connectivity index (χ0n) is 14.1. The summed E-state index contributed by atoms with van der Waals surface area (Å²) in [6.07, 6.45) is 12.1. The van der Waals surface area contributed by atoms with Crippen molar-refractivity contribution in [3.05, 3.63) is 29.3 Å². The van der Waals surface area contributed by atoms with Crippen molar-refractivity contribution in [3.8, 4) is 18.1 Å². The fourth-order valence-corrected chi connectivity index (χ4v) is 5.94. The predicted octanol–water partition coefficient (Wildman–Crippen LogP) is 3.92. The number of hydrogen-bond donors (Lipinski definition) is 1. The van der Waals surface area contributed by atoms with Gasteiger partial charge in [-0.15, -0.1) is 6.42 Å². The van der Waals surface area contributed by atoms with Crippen LogP contribution >= 0.6 is 0 Å². The van der Waals surface area contributed by atoms with Gasteiger partial charge in [0.05, 0.1) is 7.11 Å². The summed E-state index contributed by atoms with van der Waals surface area (Å²) in [6.45, 7) is 2.24. The van der Waals surface area contributed by atoms with E-state index in [1.165, 1.54) is 17.5 Å². The van der Waals surface area contributed by atoms with Gasteiger partial charge in [0.25, 0.3) is 0 Å². The molecular formula is C21H26O2. The summed E-state index contributed by atoms with van der Waals surface area (Å²) in [5.74, 6) is 5.56. The highest BCUT2D eigenvalue weighted by Crippen LogP contribution is 2.64.